The van der Waals surface area contributed by atoms with Crippen molar-refractivity contribution >= 4 is 0 Å². The van der Waals surface area contributed by atoms with Gasteiger partial charge in [0.2, 0.25) is 0 Å². The van der Waals surface area contributed by atoms with Crippen LogP contribution in [0.5, 0.6) is 5.75 Å². The lowest BCUT2D eigenvalue weighted by Crippen LogP contribution is -2.35. The minimum absolute atomic E-state index is 0.241. The van der Waals surface area contributed by atoms with Crippen LogP contribution in [-0.2, 0) is 0 Å². The summed E-state index contributed by atoms with van der Waals surface area (Å²) < 4.78 is 18.7. The second-order valence-electron chi connectivity index (χ2n) is 5.67. The highest BCUT2D eigenvalue weighted by Gasteiger charge is 2.17. The van der Waals surface area contributed by atoms with Crippen LogP contribution in [0.2, 0.25) is 0 Å². The third-order valence-corrected chi connectivity index (χ3v) is 3.96. The molecule has 0 heterocycles. The highest BCUT2D eigenvalue weighted by atomic mass is 19.1. The second kappa shape index (κ2) is 6.90. The standard InChI is InChI=1S/C16H24FNO/c1-12-3-7-15(8-4-12)18-9-10-19-16-11-14(17)6-5-13(16)2/h5-6,11-12,15,18H,3-4,7-10H2,1-2H3. The van der Waals surface area contributed by atoms with Gasteiger partial charge in [-0.05, 0) is 50.2 Å². The van der Waals surface area contributed by atoms with E-state index in [2.05, 4.69) is 12.2 Å². The Bertz CT molecular complexity index is 400. The Labute approximate surface area is 115 Å². The first kappa shape index (κ1) is 14.3. The zero-order valence-corrected chi connectivity index (χ0v) is 11.9. The molecule has 1 aliphatic rings. The van der Waals surface area contributed by atoms with E-state index in [0.717, 1.165) is 18.0 Å². The van der Waals surface area contributed by atoms with E-state index in [1.54, 1.807) is 6.07 Å². The number of benzene rings is 1. The fourth-order valence-electron chi connectivity index (χ4n) is 2.62. The summed E-state index contributed by atoms with van der Waals surface area (Å²) in [5.41, 5.74) is 0.980. The van der Waals surface area contributed by atoms with Gasteiger partial charge < -0.3 is 10.1 Å². The average Bonchev–Trinajstić information content (AvgIpc) is 2.40. The number of ether oxygens (including phenoxy) is 1. The van der Waals surface area contributed by atoms with E-state index >= 15 is 0 Å². The zero-order valence-electron chi connectivity index (χ0n) is 11.9. The van der Waals surface area contributed by atoms with Crippen molar-refractivity contribution in [3.05, 3.63) is 29.6 Å². The molecule has 0 atom stereocenters. The molecule has 1 aromatic carbocycles. The van der Waals surface area contributed by atoms with Gasteiger partial charge in [0.05, 0.1) is 0 Å². The molecule has 1 saturated carbocycles. The van der Waals surface area contributed by atoms with Crippen LogP contribution in [0.4, 0.5) is 4.39 Å². The van der Waals surface area contributed by atoms with Gasteiger partial charge in [-0.15, -0.1) is 0 Å². The van der Waals surface area contributed by atoms with Gasteiger partial charge in [-0.25, -0.2) is 4.39 Å². The topological polar surface area (TPSA) is 21.3 Å². The highest BCUT2D eigenvalue weighted by molar-refractivity contribution is 5.32. The van der Waals surface area contributed by atoms with Gasteiger partial charge in [0, 0.05) is 18.7 Å². The number of hydrogen-bond acceptors (Lipinski definition) is 2. The monoisotopic (exact) mass is 265 g/mol. The summed E-state index contributed by atoms with van der Waals surface area (Å²) in [7, 11) is 0. The minimum atomic E-state index is -0.241. The third kappa shape index (κ3) is 4.50. The normalized spacial score (nSPS) is 23.3. The first-order chi connectivity index (χ1) is 9.15. The predicted molar refractivity (Wildman–Crippen MR) is 76.1 cm³/mol. The van der Waals surface area contributed by atoms with Crippen molar-refractivity contribution in [2.24, 2.45) is 5.92 Å². The number of halogens is 1. The quantitative estimate of drug-likeness (QED) is 0.820. The van der Waals surface area contributed by atoms with Crippen molar-refractivity contribution in [1.29, 1.82) is 0 Å². The zero-order chi connectivity index (χ0) is 13.7. The first-order valence-electron chi connectivity index (χ1n) is 7.27. The van der Waals surface area contributed by atoms with Crippen LogP contribution in [-0.4, -0.2) is 19.2 Å². The van der Waals surface area contributed by atoms with Crippen molar-refractivity contribution in [2.75, 3.05) is 13.2 Å². The second-order valence-corrected chi connectivity index (χ2v) is 5.67. The van der Waals surface area contributed by atoms with Gasteiger partial charge in [0.15, 0.2) is 0 Å². The molecule has 0 spiro atoms. The molecular weight excluding hydrogens is 241 g/mol. The minimum Gasteiger partial charge on any atom is -0.492 e. The van der Waals surface area contributed by atoms with Crippen LogP contribution in [0.25, 0.3) is 0 Å². The van der Waals surface area contributed by atoms with Gasteiger partial charge in [-0.3, -0.25) is 0 Å². The Balaban J connectivity index is 1.68. The molecule has 2 rings (SSSR count). The molecule has 1 aromatic rings. The molecule has 0 aromatic heterocycles. The van der Waals surface area contributed by atoms with Gasteiger partial charge in [-0.1, -0.05) is 13.0 Å². The summed E-state index contributed by atoms with van der Waals surface area (Å²) >= 11 is 0. The van der Waals surface area contributed by atoms with Crippen LogP contribution in [0.15, 0.2) is 18.2 Å². The summed E-state index contributed by atoms with van der Waals surface area (Å²) in [6.45, 7) is 5.68. The smallest absolute Gasteiger partial charge is 0.126 e. The Kier molecular flexibility index (Phi) is 5.20. The molecule has 0 bridgehead atoms. The molecule has 19 heavy (non-hydrogen) atoms. The van der Waals surface area contributed by atoms with Gasteiger partial charge in [0.1, 0.15) is 18.2 Å². The molecule has 3 heteroatoms. The summed E-state index contributed by atoms with van der Waals surface area (Å²) in [6, 6.07) is 5.30. The maximum Gasteiger partial charge on any atom is 0.126 e. The van der Waals surface area contributed by atoms with Crippen molar-refractivity contribution < 1.29 is 9.13 Å². The van der Waals surface area contributed by atoms with Crippen molar-refractivity contribution in [2.45, 2.75) is 45.6 Å². The van der Waals surface area contributed by atoms with E-state index in [1.165, 1.54) is 37.8 Å². The van der Waals surface area contributed by atoms with E-state index in [-0.39, 0.29) is 5.82 Å². The Hall–Kier alpha value is -1.09. The largest absolute Gasteiger partial charge is 0.492 e. The van der Waals surface area contributed by atoms with Crippen molar-refractivity contribution in [3.63, 3.8) is 0 Å². The molecule has 0 saturated heterocycles. The number of nitrogens with one attached hydrogen (secondary N) is 1. The highest BCUT2D eigenvalue weighted by Crippen LogP contribution is 2.23. The summed E-state index contributed by atoms with van der Waals surface area (Å²) in [4.78, 5) is 0. The van der Waals surface area contributed by atoms with Crippen LogP contribution in [0.1, 0.15) is 38.2 Å². The SMILES string of the molecule is Cc1ccc(F)cc1OCCNC1CCC(C)CC1. The van der Waals surface area contributed by atoms with E-state index in [9.17, 15) is 4.39 Å². The average molecular weight is 265 g/mol. The molecule has 2 nitrogen and oxygen atoms in total. The van der Waals surface area contributed by atoms with Crippen molar-refractivity contribution in [3.8, 4) is 5.75 Å². The van der Waals surface area contributed by atoms with Crippen LogP contribution in [0, 0.1) is 18.7 Å². The Morgan fingerprint density at radius 2 is 2.00 bits per heavy atom. The van der Waals surface area contributed by atoms with Gasteiger partial charge in [0.25, 0.3) is 0 Å². The van der Waals surface area contributed by atoms with Crippen LogP contribution >= 0.6 is 0 Å². The molecule has 106 valence electrons. The van der Waals surface area contributed by atoms with Gasteiger partial charge >= 0.3 is 0 Å². The molecule has 1 aliphatic carbocycles. The van der Waals surface area contributed by atoms with Crippen LogP contribution < -0.4 is 10.1 Å². The predicted octanol–water partition coefficient (Wildman–Crippen LogP) is 3.68. The molecule has 0 amide bonds. The van der Waals surface area contributed by atoms with E-state index in [0.29, 0.717) is 18.4 Å². The number of rotatable bonds is 5. The molecule has 0 radical (unpaired) electrons. The fourth-order valence-corrected chi connectivity index (χ4v) is 2.62. The lowest BCUT2D eigenvalue weighted by atomic mass is 9.87. The maximum absolute atomic E-state index is 13.1. The summed E-state index contributed by atoms with van der Waals surface area (Å²) in [5, 5.41) is 3.53. The molecular formula is C16H24FNO. The molecule has 0 unspecified atom stereocenters. The lowest BCUT2D eigenvalue weighted by molar-refractivity contribution is 0.269. The number of aryl methyl sites for hydroxylation is 1. The van der Waals surface area contributed by atoms with Crippen LogP contribution in [0.3, 0.4) is 0 Å². The maximum atomic E-state index is 13.1. The summed E-state index contributed by atoms with van der Waals surface area (Å²) in [5.74, 6) is 1.29. The fraction of sp³-hybridized carbons (Fsp3) is 0.625. The van der Waals surface area contributed by atoms with E-state index < -0.39 is 0 Å². The van der Waals surface area contributed by atoms with Gasteiger partial charge in [-0.2, -0.15) is 0 Å². The molecule has 1 N–H and O–H groups in total. The molecule has 1 fully saturated rings. The van der Waals surface area contributed by atoms with E-state index in [4.69, 9.17) is 4.74 Å². The van der Waals surface area contributed by atoms with Crippen molar-refractivity contribution in [1.82, 2.24) is 5.32 Å². The lowest BCUT2D eigenvalue weighted by Gasteiger charge is -2.27. The Morgan fingerprint density at radius 1 is 1.26 bits per heavy atom. The molecule has 0 aliphatic heterocycles. The Morgan fingerprint density at radius 3 is 2.74 bits per heavy atom. The van der Waals surface area contributed by atoms with E-state index in [1.807, 2.05) is 6.92 Å². The number of hydrogen-bond donors (Lipinski definition) is 1. The first-order valence-corrected chi connectivity index (χ1v) is 7.27. The summed E-state index contributed by atoms with van der Waals surface area (Å²) in [6.07, 6.45) is 5.17. The third-order valence-electron chi connectivity index (χ3n) is 3.96.